The Morgan fingerprint density at radius 3 is 2.50 bits per heavy atom. The number of ether oxygens (including phenoxy) is 1. The summed E-state index contributed by atoms with van der Waals surface area (Å²) in [6.45, 7) is 5.67. The number of amides is 1. The van der Waals surface area contributed by atoms with Crippen molar-refractivity contribution in [3.8, 4) is 0 Å². The molecule has 108 valence electrons. The van der Waals surface area contributed by atoms with Crippen LogP contribution >= 0.6 is 12.4 Å². The normalized spacial score (nSPS) is 20.9. The maximum atomic E-state index is 11.6. The molecule has 1 aliphatic carbocycles. The molecule has 0 aromatic carbocycles. The lowest BCUT2D eigenvalue weighted by molar-refractivity contribution is -0.123. The number of hydrogen-bond donors (Lipinski definition) is 2. The van der Waals surface area contributed by atoms with E-state index < -0.39 is 6.04 Å². The average molecular weight is 279 g/mol. The molecule has 0 saturated heterocycles. The molecule has 5 heteroatoms. The van der Waals surface area contributed by atoms with Crippen LogP contribution < -0.4 is 11.1 Å². The molecule has 1 aliphatic rings. The molecule has 1 saturated carbocycles. The molecule has 0 spiro atoms. The highest BCUT2D eigenvalue weighted by atomic mass is 35.5. The Bertz CT molecular complexity index is 249. The van der Waals surface area contributed by atoms with Crippen molar-refractivity contribution in [2.45, 2.75) is 45.6 Å². The van der Waals surface area contributed by atoms with E-state index in [1.807, 2.05) is 0 Å². The zero-order valence-corrected chi connectivity index (χ0v) is 12.5. The van der Waals surface area contributed by atoms with Crippen molar-refractivity contribution in [1.29, 1.82) is 0 Å². The Labute approximate surface area is 116 Å². The first-order valence-corrected chi connectivity index (χ1v) is 6.47. The highest BCUT2D eigenvalue weighted by Crippen LogP contribution is 2.37. The van der Waals surface area contributed by atoms with Gasteiger partial charge in [0.1, 0.15) is 6.04 Å². The van der Waals surface area contributed by atoms with Crippen LogP contribution in [-0.2, 0) is 9.53 Å². The van der Waals surface area contributed by atoms with Gasteiger partial charge in [-0.25, -0.2) is 0 Å². The van der Waals surface area contributed by atoms with Crippen molar-refractivity contribution in [3.63, 3.8) is 0 Å². The number of halogens is 1. The number of hydrogen-bond acceptors (Lipinski definition) is 3. The highest BCUT2D eigenvalue weighted by molar-refractivity contribution is 5.85. The van der Waals surface area contributed by atoms with Crippen LogP contribution in [0.5, 0.6) is 0 Å². The third-order valence-electron chi connectivity index (χ3n) is 3.71. The first kappa shape index (κ1) is 17.7. The van der Waals surface area contributed by atoms with Gasteiger partial charge in [-0.2, -0.15) is 0 Å². The van der Waals surface area contributed by atoms with Gasteiger partial charge in [-0.05, 0) is 37.0 Å². The third kappa shape index (κ3) is 6.03. The molecule has 1 rings (SSSR count). The molecule has 0 aliphatic heterocycles. The third-order valence-corrected chi connectivity index (χ3v) is 3.71. The Kier molecular flexibility index (Phi) is 7.83. The molecular formula is C13H27ClN2O2. The Morgan fingerprint density at radius 1 is 1.44 bits per heavy atom. The van der Waals surface area contributed by atoms with E-state index >= 15 is 0 Å². The van der Waals surface area contributed by atoms with Gasteiger partial charge in [0.25, 0.3) is 0 Å². The van der Waals surface area contributed by atoms with Gasteiger partial charge in [-0.1, -0.05) is 13.8 Å². The summed E-state index contributed by atoms with van der Waals surface area (Å²) in [5.41, 5.74) is 6.13. The molecular weight excluding hydrogens is 252 g/mol. The molecule has 18 heavy (non-hydrogen) atoms. The summed E-state index contributed by atoms with van der Waals surface area (Å²) in [6, 6.07) is -0.542. The van der Waals surface area contributed by atoms with Crippen LogP contribution in [0, 0.1) is 11.3 Å². The maximum Gasteiger partial charge on any atom is 0.239 e. The monoisotopic (exact) mass is 278 g/mol. The van der Waals surface area contributed by atoms with Gasteiger partial charge in [0, 0.05) is 13.7 Å². The minimum Gasteiger partial charge on any atom is -0.383 e. The van der Waals surface area contributed by atoms with Crippen molar-refractivity contribution in [1.82, 2.24) is 5.32 Å². The molecule has 0 heterocycles. The van der Waals surface area contributed by atoms with Crippen LogP contribution in [0.2, 0.25) is 0 Å². The highest BCUT2D eigenvalue weighted by Gasteiger charge is 2.27. The topological polar surface area (TPSA) is 64.3 Å². The van der Waals surface area contributed by atoms with Gasteiger partial charge in [-0.15, -0.1) is 12.4 Å². The number of nitrogens with one attached hydrogen (secondary N) is 1. The molecule has 0 radical (unpaired) electrons. The predicted molar refractivity (Wildman–Crippen MR) is 75.8 cm³/mol. The molecule has 0 aromatic rings. The second kappa shape index (κ2) is 7.97. The van der Waals surface area contributed by atoms with E-state index in [0.717, 1.165) is 6.54 Å². The lowest BCUT2D eigenvalue weighted by Crippen LogP contribution is -2.45. The Morgan fingerprint density at radius 2 is 2.00 bits per heavy atom. The van der Waals surface area contributed by atoms with Crippen LogP contribution in [0.25, 0.3) is 0 Å². The Hall–Kier alpha value is -0.320. The van der Waals surface area contributed by atoms with Gasteiger partial charge in [0.05, 0.1) is 6.61 Å². The first-order valence-electron chi connectivity index (χ1n) is 6.47. The minimum atomic E-state index is -0.542. The van der Waals surface area contributed by atoms with Crippen molar-refractivity contribution in [3.05, 3.63) is 0 Å². The quantitative estimate of drug-likeness (QED) is 0.805. The molecule has 1 unspecified atom stereocenters. The van der Waals surface area contributed by atoms with E-state index in [4.69, 9.17) is 10.5 Å². The standard InChI is InChI=1S/C13H26N2O2.ClH/c1-13(2)6-4-10(5-7-13)8-15-12(16)11(14)9-17-3;/h10-11H,4-9,14H2,1-3H3,(H,15,16);1H. The maximum absolute atomic E-state index is 11.6. The van der Waals surface area contributed by atoms with E-state index in [0.29, 0.717) is 11.3 Å². The first-order chi connectivity index (χ1) is 7.94. The van der Waals surface area contributed by atoms with Crippen molar-refractivity contribution in [2.75, 3.05) is 20.3 Å². The second-order valence-corrected chi connectivity index (χ2v) is 5.91. The minimum absolute atomic E-state index is 0. The molecule has 1 amide bonds. The largest absolute Gasteiger partial charge is 0.383 e. The number of rotatable bonds is 5. The van der Waals surface area contributed by atoms with Gasteiger partial charge >= 0.3 is 0 Å². The average Bonchev–Trinajstić information content (AvgIpc) is 2.27. The van der Waals surface area contributed by atoms with Gasteiger partial charge < -0.3 is 15.8 Å². The number of nitrogens with two attached hydrogens (primary N) is 1. The van der Waals surface area contributed by atoms with Gasteiger partial charge in [0.2, 0.25) is 5.91 Å². The van der Waals surface area contributed by atoms with Crippen molar-refractivity contribution in [2.24, 2.45) is 17.1 Å². The van der Waals surface area contributed by atoms with Crippen LogP contribution in [0.4, 0.5) is 0 Å². The summed E-state index contributed by atoms with van der Waals surface area (Å²) in [7, 11) is 1.55. The fourth-order valence-electron chi connectivity index (χ4n) is 2.29. The van der Waals surface area contributed by atoms with E-state index in [1.165, 1.54) is 25.7 Å². The van der Waals surface area contributed by atoms with E-state index in [-0.39, 0.29) is 24.9 Å². The van der Waals surface area contributed by atoms with Crippen LogP contribution in [0.15, 0.2) is 0 Å². The SMILES string of the molecule is COCC(N)C(=O)NCC1CCC(C)(C)CC1.Cl. The zero-order chi connectivity index (χ0) is 12.9. The van der Waals surface area contributed by atoms with Gasteiger partial charge in [0.15, 0.2) is 0 Å². The molecule has 0 aromatic heterocycles. The number of carbonyl (C=O) groups excluding carboxylic acids is 1. The molecule has 0 bridgehead atoms. The summed E-state index contributed by atoms with van der Waals surface area (Å²) in [4.78, 5) is 11.6. The molecule has 3 N–H and O–H groups in total. The fraction of sp³-hybridized carbons (Fsp3) is 0.923. The lowest BCUT2D eigenvalue weighted by Gasteiger charge is -2.34. The van der Waals surface area contributed by atoms with E-state index in [2.05, 4.69) is 19.2 Å². The summed E-state index contributed by atoms with van der Waals surface area (Å²) in [5, 5.41) is 2.92. The molecule has 4 nitrogen and oxygen atoms in total. The van der Waals surface area contributed by atoms with Crippen molar-refractivity contribution < 1.29 is 9.53 Å². The zero-order valence-electron chi connectivity index (χ0n) is 11.7. The van der Waals surface area contributed by atoms with Gasteiger partial charge in [-0.3, -0.25) is 4.79 Å². The Balaban J connectivity index is 0.00000289. The number of methoxy groups -OCH3 is 1. The predicted octanol–water partition coefficient (Wildman–Crippen LogP) is 1.71. The lowest BCUT2D eigenvalue weighted by atomic mass is 9.73. The summed E-state index contributed by atoms with van der Waals surface area (Å²) in [5.74, 6) is 0.512. The molecule has 1 fully saturated rings. The van der Waals surface area contributed by atoms with E-state index in [1.54, 1.807) is 7.11 Å². The van der Waals surface area contributed by atoms with Crippen LogP contribution in [0.1, 0.15) is 39.5 Å². The van der Waals surface area contributed by atoms with Crippen molar-refractivity contribution >= 4 is 18.3 Å². The summed E-state index contributed by atoms with van der Waals surface area (Å²) in [6.07, 6.45) is 4.90. The second-order valence-electron chi connectivity index (χ2n) is 5.91. The summed E-state index contributed by atoms with van der Waals surface area (Å²) >= 11 is 0. The van der Waals surface area contributed by atoms with Crippen LogP contribution in [0.3, 0.4) is 0 Å². The summed E-state index contributed by atoms with van der Waals surface area (Å²) < 4.78 is 4.86. The van der Waals surface area contributed by atoms with Crippen LogP contribution in [-0.4, -0.2) is 32.2 Å². The molecule has 1 atom stereocenters. The van der Waals surface area contributed by atoms with E-state index in [9.17, 15) is 4.79 Å². The fourth-order valence-corrected chi connectivity index (χ4v) is 2.29. The number of carbonyl (C=O) groups is 1. The smallest absolute Gasteiger partial charge is 0.239 e.